The predicted octanol–water partition coefficient (Wildman–Crippen LogP) is 4.55. The van der Waals surface area contributed by atoms with E-state index in [0.717, 1.165) is 33.4 Å². The topological polar surface area (TPSA) is 41.1 Å². The summed E-state index contributed by atoms with van der Waals surface area (Å²) in [6.45, 7) is 0. The zero-order chi connectivity index (χ0) is 14.4. The van der Waals surface area contributed by atoms with Gasteiger partial charge in [-0.1, -0.05) is 11.6 Å². The summed E-state index contributed by atoms with van der Waals surface area (Å²) in [4.78, 5) is 14.0. The van der Waals surface area contributed by atoms with E-state index in [2.05, 4.69) is 28.8 Å². The standard InChI is InChI=1S/C15H13ClN2OS2/c16-14-6-9-10(2-4-12(9)21-14)17-8-1-3-13-11(5-8)18-15(19)7-20-13/h1,3,5-6,10,17H,2,4,7H2,(H,18,19). The van der Waals surface area contributed by atoms with Gasteiger partial charge in [0.25, 0.3) is 0 Å². The molecule has 0 fully saturated rings. The number of halogens is 1. The number of rotatable bonds is 2. The summed E-state index contributed by atoms with van der Waals surface area (Å²) in [5.74, 6) is 0.566. The van der Waals surface area contributed by atoms with Gasteiger partial charge in [0, 0.05) is 15.5 Å². The molecule has 1 aromatic carbocycles. The molecule has 6 heteroatoms. The fraction of sp³-hybridized carbons (Fsp3) is 0.267. The molecular formula is C15H13ClN2OS2. The summed E-state index contributed by atoms with van der Waals surface area (Å²) in [6, 6.07) is 8.55. The van der Waals surface area contributed by atoms with Gasteiger partial charge in [-0.05, 0) is 42.7 Å². The zero-order valence-corrected chi connectivity index (χ0v) is 13.5. The lowest BCUT2D eigenvalue weighted by atomic mass is 10.1. The van der Waals surface area contributed by atoms with E-state index in [0.29, 0.717) is 11.8 Å². The maximum Gasteiger partial charge on any atom is 0.234 e. The Kier molecular flexibility index (Phi) is 3.36. The maximum atomic E-state index is 11.5. The van der Waals surface area contributed by atoms with E-state index in [1.807, 2.05) is 6.07 Å². The highest BCUT2D eigenvalue weighted by Crippen LogP contribution is 2.41. The molecule has 2 heterocycles. The number of hydrogen-bond donors (Lipinski definition) is 2. The number of amides is 1. The number of hydrogen-bond acceptors (Lipinski definition) is 4. The second-order valence-corrected chi connectivity index (χ2v) is 8.00. The first kappa shape index (κ1) is 13.5. The lowest BCUT2D eigenvalue weighted by Crippen LogP contribution is -2.18. The van der Waals surface area contributed by atoms with Crippen LogP contribution in [0.1, 0.15) is 22.9 Å². The first-order chi connectivity index (χ1) is 10.2. The third-order valence-corrected chi connectivity index (χ3v) is 6.21. The molecule has 0 bridgehead atoms. The third kappa shape index (κ3) is 2.54. The Balaban J connectivity index is 1.58. The van der Waals surface area contributed by atoms with Crippen LogP contribution in [0.25, 0.3) is 0 Å². The van der Waals surface area contributed by atoms with Crippen LogP contribution in [0.2, 0.25) is 4.34 Å². The van der Waals surface area contributed by atoms with Gasteiger partial charge < -0.3 is 10.6 Å². The summed E-state index contributed by atoms with van der Waals surface area (Å²) < 4.78 is 0.862. The number of thiophene rings is 1. The molecule has 1 unspecified atom stereocenters. The number of carbonyl (C=O) groups is 1. The molecule has 1 aliphatic heterocycles. The highest BCUT2D eigenvalue weighted by molar-refractivity contribution is 8.00. The van der Waals surface area contributed by atoms with E-state index in [4.69, 9.17) is 11.6 Å². The monoisotopic (exact) mass is 336 g/mol. The Morgan fingerprint density at radius 2 is 2.24 bits per heavy atom. The van der Waals surface area contributed by atoms with E-state index in [1.165, 1.54) is 10.4 Å². The number of fused-ring (bicyclic) bond motifs is 2. The molecule has 1 amide bonds. The summed E-state index contributed by atoms with van der Waals surface area (Å²) in [6.07, 6.45) is 2.18. The number of anilines is 2. The van der Waals surface area contributed by atoms with Crippen LogP contribution in [0.5, 0.6) is 0 Å². The molecule has 1 aliphatic carbocycles. The van der Waals surface area contributed by atoms with Gasteiger partial charge in [0.05, 0.1) is 21.8 Å². The summed E-state index contributed by atoms with van der Waals surface area (Å²) in [5, 5.41) is 6.49. The molecule has 108 valence electrons. The summed E-state index contributed by atoms with van der Waals surface area (Å²) in [5.41, 5.74) is 3.26. The van der Waals surface area contributed by atoms with Crippen molar-refractivity contribution in [2.24, 2.45) is 0 Å². The molecule has 3 nitrogen and oxygen atoms in total. The number of benzene rings is 1. The summed E-state index contributed by atoms with van der Waals surface area (Å²) in [7, 11) is 0. The van der Waals surface area contributed by atoms with Crippen LogP contribution in [0.4, 0.5) is 11.4 Å². The van der Waals surface area contributed by atoms with E-state index in [-0.39, 0.29) is 5.91 Å². The highest BCUT2D eigenvalue weighted by atomic mass is 35.5. The fourth-order valence-electron chi connectivity index (χ4n) is 2.85. The quantitative estimate of drug-likeness (QED) is 0.845. The Morgan fingerprint density at radius 1 is 1.33 bits per heavy atom. The number of carbonyl (C=O) groups excluding carboxylic acids is 1. The molecule has 1 aromatic heterocycles. The Labute approximate surface area is 136 Å². The lowest BCUT2D eigenvalue weighted by Gasteiger charge is -2.19. The van der Waals surface area contributed by atoms with Crippen molar-refractivity contribution >= 4 is 52.0 Å². The van der Waals surface area contributed by atoms with E-state index in [1.54, 1.807) is 23.1 Å². The molecule has 1 atom stereocenters. The van der Waals surface area contributed by atoms with Crippen LogP contribution in [0.3, 0.4) is 0 Å². The van der Waals surface area contributed by atoms with Crippen molar-refractivity contribution in [2.45, 2.75) is 23.8 Å². The predicted molar refractivity (Wildman–Crippen MR) is 89.8 cm³/mol. The first-order valence-electron chi connectivity index (χ1n) is 6.80. The van der Waals surface area contributed by atoms with Crippen LogP contribution in [0, 0.1) is 0 Å². The van der Waals surface area contributed by atoms with E-state index < -0.39 is 0 Å². The van der Waals surface area contributed by atoms with E-state index >= 15 is 0 Å². The Hall–Kier alpha value is -1.17. The molecule has 0 radical (unpaired) electrons. The average Bonchev–Trinajstić information content (AvgIpc) is 2.99. The van der Waals surface area contributed by atoms with Gasteiger partial charge in [-0.3, -0.25) is 4.79 Å². The molecule has 0 spiro atoms. The Bertz CT molecular complexity index is 728. The zero-order valence-electron chi connectivity index (χ0n) is 11.1. The average molecular weight is 337 g/mol. The molecule has 21 heavy (non-hydrogen) atoms. The van der Waals surface area contributed by atoms with Gasteiger partial charge in [0.1, 0.15) is 0 Å². The van der Waals surface area contributed by atoms with Crippen LogP contribution in [-0.2, 0) is 11.2 Å². The van der Waals surface area contributed by atoms with Gasteiger partial charge in [0.15, 0.2) is 0 Å². The molecular weight excluding hydrogens is 324 g/mol. The highest BCUT2D eigenvalue weighted by Gasteiger charge is 2.25. The molecule has 2 N–H and O–H groups in total. The lowest BCUT2D eigenvalue weighted by molar-refractivity contribution is -0.113. The largest absolute Gasteiger partial charge is 0.378 e. The van der Waals surface area contributed by atoms with Gasteiger partial charge in [-0.2, -0.15) is 0 Å². The second-order valence-electron chi connectivity index (χ2n) is 5.21. The molecule has 2 aromatic rings. The van der Waals surface area contributed by atoms with E-state index in [9.17, 15) is 4.79 Å². The van der Waals surface area contributed by atoms with Crippen molar-refractivity contribution in [2.75, 3.05) is 16.4 Å². The summed E-state index contributed by atoms with van der Waals surface area (Å²) >= 11 is 9.36. The minimum Gasteiger partial charge on any atom is -0.378 e. The van der Waals surface area contributed by atoms with Crippen molar-refractivity contribution in [1.29, 1.82) is 0 Å². The van der Waals surface area contributed by atoms with Gasteiger partial charge in [0.2, 0.25) is 5.91 Å². The van der Waals surface area contributed by atoms with Crippen molar-refractivity contribution in [3.05, 3.63) is 39.0 Å². The number of thioether (sulfide) groups is 1. The van der Waals surface area contributed by atoms with Gasteiger partial charge >= 0.3 is 0 Å². The van der Waals surface area contributed by atoms with Gasteiger partial charge in [-0.15, -0.1) is 23.1 Å². The maximum absolute atomic E-state index is 11.5. The van der Waals surface area contributed by atoms with Crippen molar-refractivity contribution in [1.82, 2.24) is 0 Å². The Morgan fingerprint density at radius 3 is 3.14 bits per heavy atom. The minimum absolute atomic E-state index is 0.0671. The molecule has 2 aliphatic rings. The molecule has 0 saturated heterocycles. The minimum atomic E-state index is 0.0671. The SMILES string of the molecule is O=C1CSc2ccc(NC3CCc4sc(Cl)cc43)cc2N1. The fourth-order valence-corrected chi connectivity index (χ4v) is 5.00. The smallest absolute Gasteiger partial charge is 0.234 e. The van der Waals surface area contributed by atoms with Crippen LogP contribution in [-0.4, -0.2) is 11.7 Å². The number of nitrogens with one attached hydrogen (secondary N) is 2. The normalized spacial score (nSPS) is 19.9. The second kappa shape index (κ2) is 5.23. The number of aryl methyl sites for hydroxylation is 1. The third-order valence-electron chi connectivity index (χ3n) is 3.80. The van der Waals surface area contributed by atoms with Crippen molar-refractivity contribution in [3.8, 4) is 0 Å². The van der Waals surface area contributed by atoms with Crippen molar-refractivity contribution in [3.63, 3.8) is 0 Å². The molecule has 4 rings (SSSR count). The van der Waals surface area contributed by atoms with Gasteiger partial charge in [-0.25, -0.2) is 0 Å². The first-order valence-corrected chi connectivity index (χ1v) is 8.98. The molecule has 0 saturated carbocycles. The van der Waals surface area contributed by atoms with Crippen LogP contribution < -0.4 is 10.6 Å². The van der Waals surface area contributed by atoms with Crippen LogP contribution >= 0.6 is 34.7 Å². The van der Waals surface area contributed by atoms with Crippen molar-refractivity contribution < 1.29 is 4.79 Å². The van der Waals surface area contributed by atoms with Crippen LogP contribution in [0.15, 0.2) is 29.2 Å².